The number of hydrogen-bond donors (Lipinski definition) is 2. The van der Waals surface area contributed by atoms with E-state index in [0.29, 0.717) is 25.0 Å². The van der Waals surface area contributed by atoms with Gasteiger partial charge in [0, 0.05) is 61.2 Å². The van der Waals surface area contributed by atoms with E-state index in [2.05, 4.69) is 15.9 Å². The zero-order valence-electron chi connectivity index (χ0n) is 18.1. The van der Waals surface area contributed by atoms with Gasteiger partial charge >= 0.3 is 0 Å². The molecule has 1 saturated carbocycles. The summed E-state index contributed by atoms with van der Waals surface area (Å²) in [5.41, 5.74) is 3.16. The summed E-state index contributed by atoms with van der Waals surface area (Å²) in [5, 5.41) is 22.5. The molecule has 3 atom stereocenters. The van der Waals surface area contributed by atoms with E-state index in [-0.39, 0.29) is 17.9 Å². The minimum atomic E-state index is -0.0790. The van der Waals surface area contributed by atoms with Crippen molar-refractivity contribution in [1.29, 1.82) is 0 Å². The van der Waals surface area contributed by atoms with E-state index in [4.69, 9.17) is 16.3 Å². The second-order valence-corrected chi connectivity index (χ2v) is 9.57. The Morgan fingerprint density at radius 2 is 1.71 bits per heavy atom. The number of aromatic nitrogens is 1. The Morgan fingerprint density at radius 3 is 2.32 bits per heavy atom. The standard InChI is InChI=1S/C24H32ClN3O3/c1-2-31-20(14-26-8-10-27(11-9-26)19-5-3-4-18(25)13-19)15-28-23(29)21-16-6-7-17(12-16)22(21)24(28)30/h3-5,13,16-17,20,29-30H,2,6-12,14-15H2,1H3/t16-,17?,20?/m0/s1. The molecule has 1 aromatic heterocycles. The van der Waals surface area contributed by atoms with Crippen molar-refractivity contribution in [2.24, 2.45) is 0 Å². The molecule has 5 rings (SSSR count). The van der Waals surface area contributed by atoms with Crippen LogP contribution in [0.25, 0.3) is 0 Å². The number of hydrogen-bond acceptors (Lipinski definition) is 5. The molecule has 168 valence electrons. The maximum Gasteiger partial charge on any atom is 0.197 e. The summed E-state index contributed by atoms with van der Waals surface area (Å²) in [7, 11) is 0. The van der Waals surface area contributed by atoms with E-state index in [1.807, 2.05) is 25.1 Å². The quantitative estimate of drug-likeness (QED) is 0.670. The van der Waals surface area contributed by atoms with Crippen molar-refractivity contribution in [3.05, 3.63) is 40.4 Å². The maximum absolute atomic E-state index is 10.9. The summed E-state index contributed by atoms with van der Waals surface area (Å²) >= 11 is 6.15. The number of benzene rings is 1. The largest absolute Gasteiger partial charge is 0.494 e. The van der Waals surface area contributed by atoms with Gasteiger partial charge in [0.1, 0.15) is 0 Å². The molecule has 1 saturated heterocycles. The van der Waals surface area contributed by atoms with Gasteiger partial charge in [-0.3, -0.25) is 9.47 Å². The lowest BCUT2D eigenvalue weighted by atomic mass is 9.95. The van der Waals surface area contributed by atoms with Gasteiger partial charge in [0.2, 0.25) is 0 Å². The molecule has 2 heterocycles. The first-order valence-corrected chi connectivity index (χ1v) is 11.9. The van der Waals surface area contributed by atoms with Crippen molar-refractivity contribution in [2.45, 2.75) is 50.7 Å². The molecule has 1 aromatic carbocycles. The fourth-order valence-electron chi connectivity index (χ4n) is 5.87. The molecule has 0 radical (unpaired) electrons. The van der Waals surface area contributed by atoms with Crippen LogP contribution in [-0.4, -0.2) is 65.1 Å². The van der Waals surface area contributed by atoms with Crippen LogP contribution in [-0.2, 0) is 11.3 Å². The average molecular weight is 446 g/mol. The monoisotopic (exact) mass is 445 g/mol. The van der Waals surface area contributed by atoms with Gasteiger partial charge in [0.25, 0.3) is 0 Å². The van der Waals surface area contributed by atoms with Crippen molar-refractivity contribution in [1.82, 2.24) is 9.47 Å². The fraction of sp³-hybridized carbons (Fsp3) is 0.583. The Kier molecular flexibility index (Phi) is 5.80. The third-order valence-corrected chi connectivity index (χ3v) is 7.56. The fourth-order valence-corrected chi connectivity index (χ4v) is 6.05. The third-order valence-electron chi connectivity index (χ3n) is 7.33. The van der Waals surface area contributed by atoms with Crippen LogP contribution in [0.15, 0.2) is 24.3 Å². The van der Waals surface area contributed by atoms with Crippen molar-refractivity contribution < 1.29 is 14.9 Å². The molecule has 2 bridgehead atoms. The van der Waals surface area contributed by atoms with Crippen LogP contribution in [0.2, 0.25) is 5.02 Å². The van der Waals surface area contributed by atoms with E-state index in [9.17, 15) is 10.2 Å². The predicted octanol–water partition coefficient (Wildman–Crippen LogP) is 4.14. The summed E-state index contributed by atoms with van der Waals surface area (Å²) in [6, 6.07) is 8.02. The first-order valence-electron chi connectivity index (χ1n) is 11.5. The van der Waals surface area contributed by atoms with E-state index >= 15 is 0 Å². The number of aromatic hydroxyl groups is 2. The highest BCUT2D eigenvalue weighted by atomic mass is 35.5. The van der Waals surface area contributed by atoms with Crippen LogP contribution in [0.5, 0.6) is 11.8 Å². The van der Waals surface area contributed by atoms with Gasteiger partial charge < -0.3 is 19.8 Å². The highest BCUT2D eigenvalue weighted by Crippen LogP contribution is 2.59. The number of ether oxygens (including phenoxy) is 1. The molecule has 3 aliphatic rings. The molecule has 2 aromatic rings. The van der Waals surface area contributed by atoms with Gasteiger partial charge in [-0.2, -0.15) is 0 Å². The highest BCUT2D eigenvalue weighted by molar-refractivity contribution is 6.30. The van der Waals surface area contributed by atoms with Gasteiger partial charge in [-0.1, -0.05) is 17.7 Å². The molecular weight excluding hydrogens is 414 g/mol. The van der Waals surface area contributed by atoms with Crippen LogP contribution in [0, 0.1) is 0 Å². The van der Waals surface area contributed by atoms with Gasteiger partial charge in [-0.15, -0.1) is 0 Å². The Labute approximate surface area is 189 Å². The molecule has 2 unspecified atom stereocenters. The summed E-state index contributed by atoms with van der Waals surface area (Å²) in [5.74, 6) is 1.35. The Bertz CT molecular complexity index is 905. The van der Waals surface area contributed by atoms with Crippen LogP contribution >= 0.6 is 11.6 Å². The molecule has 0 spiro atoms. The minimum Gasteiger partial charge on any atom is -0.494 e. The Morgan fingerprint density at radius 1 is 1.03 bits per heavy atom. The molecule has 1 aliphatic heterocycles. The summed E-state index contributed by atoms with van der Waals surface area (Å²) in [4.78, 5) is 4.78. The van der Waals surface area contributed by atoms with E-state index in [1.54, 1.807) is 4.57 Å². The Hall–Kier alpha value is -1.89. The lowest BCUT2D eigenvalue weighted by Gasteiger charge is -2.37. The predicted molar refractivity (Wildman–Crippen MR) is 123 cm³/mol. The van der Waals surface area contributed by atoms with Crippen molar-refractivity contribution in [3.8, 4) is 11.8 Å². The zero-order chi connectivity index (χ0) is 21.5. The normalized spacial score (nSPS) is 24.0. The Balaban J connectivity index is 1.24. The summed E-state index contributed by atoms with van der Waals surface area (Å²) < 4.78 is 7.73. The SMILES string of the molecule is CCOC(CN1CCN(c2cccc(Cl)c2)CC1)Cn1c(O)c2c(c1O)[C@H]1CCC2C1. The molecule has 31 heavy (non-hydrogen) atoms. The van der Waals surface area contributed by atoms with Crippen LogP contribution in [0.1, 0.15) is 49.1 Å². The molecule has 2 aliphatic carbocycles. The summed E-state index contributed by atoms with van der Waals surface area (Å²) in [6.07, 6.45) is 3.25. The number of piperazine rings is 1. The number of halogens is 1. The maximum atomic E-state index is 10.9. The first kappa shape index (κ1) is 21.0. The molecule has 7 heteroatoms. The second-order valence-electron chi connectivity index (χ2n) is 9.14. The molecule has 2 fully saturated rings. The number of anilines is 1. The lowest BCUT2D eigenvalue weighted by Crippen LogP contribution is -2.49. The van der Waals surface area contributed by atoms with Crippen LogP contribution in [0.3, 0.4) is 0 Å². The highest BCUT2D eigenvalue weighted by Gasteiger charge is 2.44. The van der Waals surface area contributed by atoms with Crippen molar-refractivity contribution in [3.63, 3.8) is 0 Å². The first-order chi connectivity index (χ1) is 15.0. The van der Waals surface area contributed by atoms with Gasteiger partial charge in [0.15, 0.2) is 11.8 Å². The second kappa shape index (κ2) is 8.57. The number of rotatable bonds is 7. The van der Waals surface area contributed by atoms with Gasteiger partial charge in [-0.25, -0.2) is 0 Å². The van der Waals surface area contributed by atoms with Crippen LogP contribution < -0.4 is 4.90 Å². The molecule has 2 N–H and O–H groups in total. The topological polar surface area (TPSA) is 61.1 Å². The molecular formula is C24H32ClN3O3. The average Bonchev–Trinajstić information content (AvgIpc) is 3.45. The van der Waals surface area contributed by atoms with E-state index in [1.165, 1.54) is 5.69 Å². The van der Waals surface area contributed by atoms with E-state index < -0.39 is 0 Å². The molecule has 6 nitrogen and oxygen atoms in total. The van der Waals surface area contributed by atoms with Gasteiger partial charge in [-0.05, 0) is 56.2 Å². The lowest BCUT2D eigenvalue weighted by molar-refractivity contribution is 0.0191. The molecule has 0 amide bonds. The van der Waals surface area contributed by atoms with Gasteiger partial charge in [0.05, 0.1) is 12.6 Å². The van der Waals surface area contributed by atoms with Crippen molar-refractivity contribution in [2.75, 3.05) is 44.2 Å². The minimum absolute atomic E-state index is 0.0790. The number of nitrogens with zero attached hydrogens (tertiary/aromatic N) is 3. The smallest absolute Gasteiger partial charge is 0.197 e. The third kappa shape index (κ3) is 3.90. The number of fused-ring (bicyclic) bond motifs is 5. The van der Waals surface area contributed by atoms with E-state index in [0.717, 1.165) is 68.1 Å². The van der Waals surface area contributed by atoms with Crippen molar-refractivity contribution >= 4 is 17.3 Å². The zero-order valence-corrected chi connectivity index (χ0v) is 18.9. The summed E-state index contributed by atoms with van der Waals surface area (Å²) in [6.45, 7) is 7.65. The van der Waals surface area contributed by atoms with Crippen LogP contribution in [0.4, 0.5) is 5.69 Å².